The van der Waals surface area contributed by atoms with Crippen LogP contribution in [0.3, 0.4) is 0 Å². The predicted molar refractivity (Wildman–Crippen MR) is 89.0 cm³/mol. The van der Waals surface area contributed by atoms with Gasteiger partial charge in [0, 0.05) is 39.9 Å². The third-order valence-corrected chi connectivity index (χ3v) is 4.47. The molecule has 2 heterocycles. The Morgan fingerprint density at radius 3 is 2.80 bits per heavy atom. The molecule has 2 aromatic rings. The van der Waals surface area contributed by atoms with Crippen molar-refractivity contribution in [3.63, 3.8) is 0 Å². The van der Waals surface area contributed by atoms with Gasteiger partial charge in [-0.15, -0.1) is 11.3 Å². The molecule has 1 N–H and O–H groups in total. The molecule has 0 unspecified atom stereocenters. The topological polar surface area (TPSA) is 37.8 Å². The smallest absolute Gasteiger partial charge is 0.125 e. The second kappa shape index (κ2) is 7.29. The molecule has 0 bridgehead atoms. The highest BCUT2D eigenvalue weighted by atomic mass is 79.9. The van der Waals surface area contributed by atoms with E-state index in [4.69, 9.17) is 4.98 Å². The summed E-state index contributed by atoms with van der Waals surface area (Å²) < 4.78 is 0.990. The summed E-state index contributed by atoms with van der Waals surface area (Å²) in [5, 5.41) is 4.54. The largest absolute Gasteiger partial charge is 0.310 e. The van der Waals surface area contributed by atoms with E-state index in [0.717, 1.165) is 34.4 Å². The highest BCUT2D eigenvalue weighted by Crippen LogP contribution is 2.29. The second-order valence-corrected chi connectivity index (χ2v) is 7.07. The van der Waals surface area contributed by atoms with Crippen molar-refractivity contribution in [1.29, 1.82) is 0 Å². The molecule has 20 heavy (non-hydrogen) atoms. The number of aryl methyl sites for hydroxylation is 1. The van der Waals surface area contributed by atoms with Crippen LogP contribution in [0.1, 0.15) is 37.8 Å². The van der Waals surface area contributed by atoms with E-state index in [2.05, 4.69) is 53.1 Å². The molecule has 2 aromatic heterocycles. The maximum Gasteiger partial charge on any atom is 0.125 e. The van der Waals surface area contributed by atoms with Gasteiger partial charge in [-0.3, -0.25) is 4.98 Å². The molecule has 0 aliphatic rings. The molecular weight excluding hydrogens is 334 g/mol. The third-order valence-electron chi connectivity index (χ3n) is 2.89. The highest BCUT2D eigenvalue weighted by Gasteiger charge is 2.12. The molecule has 0 spiro atoms. The van der Waals surface area contributed by atoms with Gasteiger partial charge in [-0.25, -0.2) is 4.98 Å². The van der Waals surface area contributed by atoms with Crippen molar-refractivity contribution < 1.29 is 0 Å². The van der Waals surface area contributed by atoms with E-state index >= 15 is 0 Å². The molecule has 0 fully saturated rings. The van der Waals surface area contributed by atoms with Crippen molar-refractivity contribution in [2.24, 2.45) is 0 Å². The number of halogens is 1. The van der Waals surface area contributed by atoms with Gasteiger partial charge in [0.1, 0.15) is 5.01 Å². The first-order valence-corrected chi connectivity index (χ1v) is 8.54. The molecule has 3 nitrogen and oxygen atoms in total. The van der Waals surface area contributed by atoms with Crippen LogP contribution in [0.2, 0.25) is 0 Å². The van der Waals surface area contributed by atoms with Crippen LogP contribution in [0.4, 0.5) is 0 Å². The van der Waals surface area contributed by atoms with E-state index in [1.165, 1.54) is 10.6 Å². The zero-order valence-corrected chi connectivity index (χ0v) is 14.5. The molecule has 2 rings (SSSR count). The van der Waals surface area contributed by atoms with Gasteiger partial charge >= 0.3 is 0 Å². The van der Waals surface area contributed by atoms with E-state index in [-0.39, 0.29) is 0 Å². The van der Waals surface area contributed by atoms with Crippen LogP contribution in [0, 0.1) is 0 Å². The SMILES string of the molecule is CCCc1nc(-c2cncc(Br)c2)sc1CNC(C)C. The van der Waals surface area contributed by atoms with E-state index in [1.807, 2.05) is 6.20 Å². The van der Waals surface area contributed by atoms with Gasteiger partial charge in [-0.1, -0.05) is 27.2 Å². The minimum atomic E-state index is 0.488. The van der Waals surface area contributed by atoms with Gasteiger partial charge in [0.05, 0.1) is 5.69 Å². The third kappa shape index (κ3) is 4.11. The maximum atomic E-state index is 4.81. The lowest BCUT2D eigenvalue weighted by atomic mass is 10.2. The zero-order valence-electron chi connectivity index (χ0n) is 12.1. The molecular formula is C15H20BrN3S. The van der Waals surface area contributed by atoms with Gasteiger partial charge in [-0.2, -0.15) is 0 Å². The van der Waals surface area contributed by atoms with Crippen molar-refractivity contribution in [3.8, 4) is 10.6 Å². The van der Waals surface area contributed by atoms with Crippen LogP contribution in [0.15, 0.2) is 22.9 Å². The number of nitrogens with zero attached hydrogens (tertiary/aromatic N) is 2. The average molecular weight is 354 g/mol. The van der Waals surface area contributed by atoms with Crippen LogP contribution in [-0.2, 0) is 13.0 Å². The first kappa shape index (κ1) is 15.6. The Morgan fingerprint density at radius 2 is 2.15 bits per heavy atom. The Balaban J connectivity index is 2.28. The zero-order chi connectivity index (χ0) is 14.5. The molecule has 0 aromatic carbocycles. The fourth-order valence-electron chi connectivity index (χ4n) is 1.90. The Labute approximate surface area is 133 Å². The summed E-state index contributed by atoms with van der Waals surface area (Å²) in [6.07, 6.45) is 5.83. The number of rotatable bonds is 6. The summed E-state index contributed by atoms with van der Waals surface area (Å²) >= 11 is 5.24. The monoisotopic (exact) mass is 353 g/mol. The van der Waals surface area contributed by atoms with E-state index in [0.29, 0.717) is 6.04 Å². The lowest BCUT2D eigenvalue weighted by molar-refractivity contribution is 0.589. The van der Waals surface area contributed by atoms with E-state index in [9.17, 15) is 0 Å². The Morgan fingerprint density at radius 1 is 1.35 bits per heavy atom. The van der Waals surface area contributed by atoms with Crippen molar-refractivity contribution in [2.75, 3.05) is 0 Å². The molecule has 0 aliphatic heterocycles. The lowest BCUT2D eigenvalue weighted by Gasteiger charge is -2.07. The first-order chi connectivity index (χ1) is 9.60. The van der Waals surface area contributed by atoms with Crippen LogP contribution in [0.25, 0.3) is 10.6 Å². The Kier molecular flexibility index (Phi) is 5.69. The summed E-state index contributed by atoms with van der Waals surface area (Å²) in [5.74, 6) is 0. The first-order valence-electron chi connectivity index (χ1n) is 6.93. The van der Waals surface area contributed by atoms with Gasteiger partial charge in [0.2, 0.25) is 0 Å². The predicted octanol–water partition coefficient (Wildman–Crippen LogP) is 4.42. The van der Waals surface area contributed by atoms with Gasteiger partial charge in [-0.05, 0) is 28.4 Å². The normalized spacial score (nSPS) is 11.2. The van der Waals surface area contributed by atoms with Crippen molar-refractivity contribution in [3.05, 3.63) is 33.5 Å². The summed E-state index contributed by atoms with van der Waals surface area (Å²) in [7, 11) is 0. The maximum absolute atomic E-state index is 4.81. The van der Waals surface area contributed by atoms with E-state index < -0.39 is 0 Å². The summed E-state index contributed by atoms with van der Waals surface area (Å²) in [6, 6.07) is 2.56. The van der Waals surface area contributed by atoms with Gasteiger partial charge in [0.15, 0.2) is 0 Å². The van der Waals surface area contributed by atoms with Crippen molar-refractivity contribution in [1.82, 2.24) is 15.3 Å². The van der Waals surface area contributed by atoms with Crippen LogP contribution < -0.4 is 5.32 Å². The molecule has 0 saturated heterocycles. The minimum absolute atomic E-state index is 0.488. The fraction of sp³-hybridized carbons (Fsp3) is 0.467. The standard InChI is InChI=1S/C15H20BrN3S/c1-4-5-13-14(9-18-10(2)3)20-15(19-13)11-6-12(16)8-17-7-11/h6-8,10,18H,4-5,9H2,1-3H3. The van der Waals surface area contributed by atoms with Gasteiger partial charge < -0.3 is 5.32 Å². The van der Waals surface area contributed by atoms with Crippen LogP contribution >= 0.6 is 27.3 Å². The number of pyridine rings is 1. The van der Waals surface area contributed by atoms with Crippen molar-refractivity contribution >= 4 is 27.3 Å². The molecule has 0 aliphatic carbocycles. The van der Waals surface area contributed by atoms with Crippen molar-refractivity contribution in [2.45, 2.75) is 46.2 Å². The molecule has 0 saturated carbocycles. The molecule has 0 radical (unpaired) electrons. The minimum Gasteiger partial charge on any atom is -0.310 e. The highest BCUT2D eigenvalue weighted by molar-refractivity contribution is 9.10. The molecule has 108 valence electrons. The molecule has 0 atom stereocenters. The van der Waals surface area contributed by atoms with Gasteiger partial charge in [0.25, 0.3) is 0 Å². The summed E-state index contributed by atoms with van der Waals surface area (Å²) in [6.45, 7) is 7.42. The average Bonchev–Trinajstić information content (AvgIpc) is 2.80. The van der Waals surface area contributed by atoms with E-state index in [1.54, 1.807) is 17.5 Å². The Bertz CT molecular complexity index is 566. The quantitative estimate of drug-likeness (QED) is 0.835. The van der Waals surface area contributed by atoms with Crippen LogP contribution in [-0.4, -0.2) is 16.0 Å². The molecule has 0 amide bonds. The number of nitrogens with one attached hydrogen (secondary N) is 1. The van der Waals surface area contributed by atoms with Crippen LogP contribution in [0.5, 0.6) is 0 Å². The fourth-order valence-corrected chi connectivity index (χ4v) is 3.31. The summed E-state index contributed by atoms with van der Waals surface area (Å²) in [5.41, 5.74) is 2.30. The molecule has 5 heteroatoms. The number of hydrogen-bond acceptors (Lipinski definition) is 4. The number of hydrogen-bond donors (Lipinski definition) is 1. The Hall–Kier alpha value is -0.780. The second-order valence-electron chi connectivity index (χ2n) is 5.07. The number of thiazole rings is 1. The summed E-state index contributed by atoms with van der Waals surface area (Å²) in [4.78, 5) is 10.4. The lowest BCUT2D eigenvalue weighted by Crippen LogP contribution is -2.21. The number of aromatic nitrogens is 2.